The number of ether oxygens (including phenoxy) is 1. The molecule has 21 heavy (non-hydrogen) atoms. The molecule has 0 aliphatic heterocycles. The highest BCUT2D eigenvalue weighted by molar-refractivity contribution is 5.79. The van der Waals surface area contributed by atoms with Crippen molar-refractivity contribution in [3.05, 3.63) is 35.4 Å². The lowest BCUT2D eigenvalue weighted by Crippen LogP contribution is -2.37. The predicted octanol–water partition coefficient (Wildman–Crippen LogP) is 2.87. The highest BCUT2D eigenvalue weighted by atomic mass is 16.5. The van der Waals surface area contributed by atoms with Gasteiger partial charge in [-0.25, -0.2) is 0 Å². The maximum Gasteiger partial charge on any atom is 0.191 e. The maximum absolute atomic E-state index is 5.53. The van der Waals surface area contributed by atoms with Gasteiger partial charge in [0, 0.05) is 33.4 Å². The third-order valence-corrected chi connectivity index (χ3v) is 3.33. The van der Waals surface area contributed by atoms with Gasteiger partial charge >= 0.3 is 0 Å². The first kappa shape index (κ1) is 17.5. The van der Waals surface area contributed by atoms with Gasteiger partial charge < -0.3 is 15.4 Å². The molecule has 0 aliphatic rings. The van der Waals surface area contributed by atoms with Crippen molar-refractivity contribution in [2.45, 2.75) is 39.7 Å². The van der Waals surface area contributed by atoms with Crippen LogP contribution in [0.5, 0.6) is 0 Å². The number of hydrogen-bond donors (Lipinski definition) is 2. The summed E-state index contributed by atoms with van der Waals surface area (Å²) in [5.74, 6) is 0.840. The van der Waals surface area contributed by atoms with Gasteiger partial charge in [0.25, 0.3) is 0 Å². The number of unbranched alkanes of at least 4 members (excludes halogenated alkanes) is 1. The minimum absolute atomic E-state index is 0.791. The van der Waals surface area contributed by atoms with Crippen LogP contribution in [0.2, 0.25) is 0 Å². The summed E-state index contributed by atoms with van der Waals surface area (Å²) < 4.78 is 5.53. The van der Waals surface area contributed by atoms with Crippen molar-refractivity contribution < 1.29 is 4.74 Å². The number of benzene rings is 1. The Kier molecular flexibility index (Phi) is 9.29. The first-order valence-electron chi connectivity index (χ1n) is 7.84. The summed E-state index contributed by atoms with van der Waals surface area (Å²) in [6.45, 7) is 7.65. The molecule has 1 aromatic carbocycles. The largest absolute Gasteiger partial charge is 0.381 e. The second kappa shape index (κ2) is 11.1. The molecule has 0 atom stereocenters. The summed E-state index contributed by atoms with van der Waals surface area (Å²) in [6, 6.07) is 8.39. The quantitative estimate of drug-likeness (QED) is 0.418. The van der Waals surface area contributed by atoms with Crippen LogP contribution in [0.4, 0.5) is 0 Å². The lowest BCUT2D eigenvalue weighted by Gasteiger charge is -2.13. The molecule has 1 rings (SSSR count). The molecule has 0 saturated heterocycles. The molecule has 0 saturated carbocycles. The number of nitrogens with one attached hydrogen (secondary N) is 2. The van der Waals surface area contributed by atoms with Crippen LogP contribution in [0.3, 0.4) is 0 Å². The molecule has 0 heterocycles. The van der Waals surface area contributed by atoms with Crippen molar-refractivity contribution in [2.75, 3.05) is 26.8 Å². The Balaban J connectivity index is 2.16. The normalized spacial score (nSPS) is 11.5. The third kappa shape index (κ3) is 7.71. The molecule has 4 nitrogen and oxygen atoms in total. The van der Waals surface area contributed by atoms with E-state index in [-0.39, 0.29) is 0 Å². The Morgan fingerprint density at radius 2 is 1.90 bits per heavy atom. The Morgan fingerprint density at radius 3 is 2.62 bits per heavy atom. The summed E-state index contributed by atoms with van der Waals surface area (Å²) in [5.41, 5.74) is 2.59. The summed E-state index contributed by atoms with van der Waals surface area (Å²) in [6.07, 6.45) is 3.33. The molecule has 0 fully saturated rings. The van der Waals surface area contributed by atoms with Crippen LogP contribution in [0.15, 0.2) is 29.3 Å². The first-order chi connectivity index (χ1) is 10.3. The van der Waals surface area contributed by atoms with Gasteiger partial charge in [-0.2, -0.15) is 0 Å². The van der Waals surface area contributed by atoms with Crippen molar-refractivity contribution in [1.29, 1.82) is 0 Å². The average Bonchev–Trinajstić information content (AvgIpc) is 2.51. The van der Waals surface area contributed by atoms with E-state index in [0.717, 1.165) is 45.1 Å². The second-order valence-corrected chi connectivity index (χ2v) is 5.10. The maximum atomic E-state index is 5.53. The molecule has 0 bridgehead atoms. The zero-order chi connectivity index (χ0) is 15.3. The fourth-order valence-corrected chi connectivity index (χ4v) is 1.94. The average molecular weight is 291 g/mol. The van der Waals surface area contributed by atoms with Crippen molar-refractivity contribution in [1.82, 2.24) is 10.6 Å². The predicted molar refractivity (Wildman–Crippen MR) is 89.7 cm³/mol. The summed E-state index contributed by atoms with van der Waals surface area (Å²) >= 11 is 0. The van der Waals surface area contributed by atoms with Crippen LogP contribution in [0.25, 0.3) is 0 Å². The molecular formula is C17H29N3O. The van der Waals surface area contributed by atoms with Gasteiger partial charge in [0.2, 0.25) is 0 Å². The first-order valence-corrected chi connectivity index (χ1v) is 7.84. The molecule has 0 amide bonds. The lowest BCUT2D eigenvalue weighted by molar-refractivity contribution is 0.129. The number of hydrogen-bond acceptors (Lipinski definition) is 2. The highest BCUT2D eigenvalue weighted by Crippen LogP contribution is 2.05. The highest BCUT2D eigenvalue weighted by Gasteiger charge is 2.00. The monoisotopic (exact) mass is 291 g/mol. The molecule has 2 N–H and O–H groups in total. The van der Waals surface area contributed by atoms with Gasteiger partial charge in [-0.1, -0.05) is 37.6 Å². The van der Waals surface area contributed by atoms with Crippen LogP contribution in [-0.4, -0.2) is 32.8 Å². The van der Waals surface area contributed by atoms with Crippen molar-refractivity contribution in [3.63, 3.8) is 0 Å². The van der Waals surface area contributed by atoms with Crippen LogP contribution in [0.1, 0.15) is 37.3 Å². The minimum atomic E-state index is 0.791. The van der Waals surface area contributed by atoms with Crippen molar-refractivity contribution in [3.8, 4) is 0 Å². The number of nitrogens with zero attached hydrogens (tertiary/aromatic N) is 1. The lowest BCUT2D eigenvalue weighted by atomic mass is 10.1. The number of aryl methyl sites for hydroxylation is 1. The molecule has 1 aromatic rings. The van der Waals surface area contributed by atoms with Gasteiger partial charge in [-0.05, 0) is 30.9 Å². The third-order valence-electron chi connectivity index (χ3n) is 3.33. The zero-order valence-electron chi connectivity index (χ0n) is 13.6. The molecule has 0 unspecified atom stereocenters. The number of guanidine groups is 1. The van der Waals surface area contributed by atoms with Gasteiger partial charge in [0.1, 0.15) is 0 Å². The molecule has 4 heteroatoms. The molecular weight excluding hydrogens is 262 g/mol. The SMILES string of the molecule is CCCCOCCCNC(=NC)NCc1ccccc1C. The van der Waals surface area contributed by atoms with Crippen LogP contribution < -0.4 is 10.6 Å². The Morgan fingerprint density at radius 1 is 1.14 bits per heavy atom. The van der Waals surface area contributed by atoms with E-state index in [1.165, 1.54) is 17.5 Å². The van der Waals surface area contributed by atoms with E-state index < -0.39 is 0 Å². The standard InChI is InChI=1S/C17H29N3O/c1-4-5-12-21-13-8-11-19-17(18-3)20-14-16-10-7-6-9-15(16)2/h6-7,9-10H,4-5,8,11-14H2,1-3H3,(H2,18,19,20). The van der Waals surface area contributed by atoms with Crippen LogP contribution in [0, 0.1) is 6.92 Å². The van der Waals surface area contributed by atoms with E-state index in [1.54, 1.807) is 7.05 Å². The van der Waals surface area contributed by atoms with Gasteiger partial charge in [0.15, 0.2) is 5.96 Å². The summed E-state index contributed by atoms with van der Waals surface area (Å²) in [5, 5.41) is 6.64. The molecule has 0 spiro atoms. The minimum Gasteiger partial charge on any atom is -0.381 e. The fraction of sp³-hybridized carbons (Fsp3) is 0.588. The van der Waals surface area contributed by atoms with Crippen molar-refractivity contribution >= 4 is 5.96 Å². The van der Waals surface area contributed by atoms with E-state index in [2.05, 4.69) is 53.7 Å². The summed E-state index contributed by atoms with van der Waals surface area (Å²) in [4.78, 5) is 4.23. The van der Waals surface area contributed by atoms with Crippen LogP contribution >= 0.6 is 0 Å². The van der Waals surface area contributed by atoms with E-state index in [4.69, 9.17) is 4.74 Å². The van der Waals surface area contributed by atoms with Crippen molar-refractivity contribution in [2.24, 2.45) is 4.99 Å². The molecule has 0 aliphatic carbocycles. The second-order valence-electron chi connectivity index (χ2n) is 5.10. The van der Waals surface area contributed by atoms with E-state index in [9.17, 15) is 0 Å². The van der Waals surface area contributed by atoms with E-state index in [1.807, 2.05) is 0 Å². The fourth-order valence-electron chi connectivity index (χ4n) is 1.94. The molecule has 0 radical (unpaired) electrons. The van der Waals surface area contributed by atoms with Gasteiger partial charge in [-0.3, -0.25) is 4.99 Å². The van der Waals surface area contributed by atoms with E-state index in [0.29, 0.717) is 0 Å². The Hall–Kier alpha value is -1.55. The smallest absolute Gasteiger partial charge is 0.191 e. The Labute approximate surface area is 129 Å². The number of aliphatic imine (C=N–C) groups is 1. The Bertz CT molecular complexity index is 418. The summed E-state index contributed by atoms with van der Waals surface area (Å²) in [7, 11) is 1.80. The van der Waals surface area contributed by atoms with E-state index >= 15 is 0 Å². The van der Waals surface area contributed by atoms with Crippen LogP contribution in [-0.2, 0) is 11.3 Å². The topological polar surface area (TPSA) is 45.6 Å². The zero-order valence-corrected chi connectivity index (χ0v) is 13.6. The molecule has 118 valence electrons. The van der Waals surface area contributed by atoms with Gasteiger partial charge in [-0.15, -0.1) is 0 Å². The molecule has 0 aromatic heterocycles. The van der Waals surface area contributed by atoms with Gasteiger partial charge in [0.05, 0.1) is 0 Å². The number of rotatable bonds is 9.